The van der Waals surface area contributed by atoms with E-state index < -0.39 is 11.9 Å². The van der Waals surface area contributed by atoms with Crippen LogP contribution >= 0.6 is 0 Å². The maximum atomic E-state index is 13.7. The number of rotatable bonds is 8. The van der Waals surface area contributed by atoms with E-state index in [9.17, 15) is 18.4 Å². The molecule has 1 heterocycles. The van der Waals surface area contributed by atoms with Gasteiger partial charge < -0.3 is 9.64 Å². The first-order chi connectivity index (χ1) is 15.3. The number of hydrogen-bond donors (Lipinski definition) is 0. The minimum absolute atomic E-state index is 0.0265. The zero-order valence-corrected chi connectivity index (χ0v) is 18.2. The summed E-state index contributed by atoms with van der Waals surface area (Å²) in [6, 6.07) is 15.1. The van der Waals surface area contributed by atoms with Gasteiger partial charge in [-0.3, -0.25) is 9.59 Å². The van der Waals surface area contributed by atoms with Crippen molar-refractivity contribution in [2.75, 3.05) is 19.1 Å². The Balaban J connectivity index is 1.76. The Morgan fingerprint density at radius 3 is 2.31 bits per heavy atom. The van der Waals surface area contributed by atoms with E-state index in [1.165, 1.54) is 13.2 Å². The van der Waals surface area contributed by atoms with Gasteiger partial charge in [0.2, 0.25) is 17.8 Å². The van der Waals surface area contributed by atoms with Crippen LogP contribution in [0.4, 0.5) is 14.5 Å². The van der Waals surface area contributed by atoms with E-state index in [1.54, 1.807) is 24.1 Å². The van der Waals surface area contributed by atoms with Crippen LogP contribution in [0.5, 0.6) is 5.75 Å². The number of pyridine rings is 1. The molecule has 0 aliphatic heterocycles. The van der Waals surface area contributed by atoms with Crippen molar-refractivity contribution in [2.45, 2.75) is 26.2 Å². The van der Waals surface area contributed by atoms with Gasteiger partial charge in [-0.15, -0.1) is 0 Å². The lowest BCUT2D eigenvalue weighted by molar-refractivity contribution is -0.118. The zero-order chi connectivity index (χ0) is 23.3. The molecular formula is C25H24F2N2O3. The molecule has 0 aliphatic carbocycles. The molecule has 166 valence electrons. The van der Waals surface area contributed by atoms with E-state index in [0.29, 0.717) is 17.7 Å². The summed E-state index contributed by atoms with van der Waals surface area (Å²) >= 11 is 0. The largest absolute Gasteiger partial charge is 0.496 e. The van der Waals surface area contributed by atoms with Crippen molar-refractivity contribution in [1.82, 2.24) is 4.98 Å². The zero-order valence-electron chi connectivity index (χ0n) is 18.2. The quantitative estimate of drug-likeness (QED) is 0.357. The fourth-order valence-corrected chi connectivity index (χ4v) is 3.37. The highest BCUT2D eigenvalue weighted by Crippen LogP contribution is 2.30. The lowest BCUT2D eigenvalue weighted by Crippen LogP contribution is -2.24. The van der Waals surface area contributed by atoms with E-state index in [4.69, 9.17) is 4.74 Å². The molecule has 1 aromatic heterocycles. The Bertz CT molecular complexity index is 1130. The summed E-state index contributed by atoms with van der Waals surface area (Å²) in [5.41, 5.74) is 3.12. The third kappa shape index (κ3) is 5.17. The molecule has 5 nitrogen and oxygen atoms in total. The molecule has 0 saturated heterocycles. The molecule has 0 aliphatic rings. The van der Waals surface area contributed by atoms with Crippen molar-refractivity contribution < 1.29 is 23.1 Å². The number of methoxy groups -OCH3 is 1. The van der Waals surface area contributed by atoms with Crippen LogP contribution < -0.4 is 9.64 Å². The number of halogens is 2. The summed E-state index contributed by atoms with van der Waals surface area (Å²) < 4.78 is 32.1. The molecule has 3 aromatic rings. The molecule has 0 unspecified atom stereocenters. The maximum Gasteiger partial charge on any atom is 0.226 e. The molecule has 0 N–H and O–H groups in total. The van der Waals surface area contributed by atoms with Gasteiger partial charge >= 0.3 is 0 Å². The highest BCUT2D eigenvalue weighted by Gasteiger charge is 2.16. The molecular weight excluding hydrogens is 414 g/mol. The van der Waals surface area contributed by atoms with Crippen LogP contribution in [-0.4, -0.2) is 30.8 Å². The number of aryl methyl sites for hydroxylation is 1. The first-order valence-corrected chi connectivity index (χ1v) is 10.2. The van der Waals surface area contributed by atoms with Crippen molar-refractivity contribution in [3.05, 3.63) is 77.6 Å². The lowest BCUT2D eigenvalue weighted by Gasteiger charge is -2.17. The lowest BCUT2D eigenvalue weighted by atomic mass is 9.98. The number of carbonyl (C=O) groups excluding carboxylic acids is 2. The van der Waals surface area contributed by atoms with Gasteiger partial charge in [-0.1, -0.05) is 25.1 Å². The van der Waals surface area contributed by atoms with Gasteiger partial charge in [-0.05, 0) is 53.9 Å². The standard InChI is InChI=1S/C25H24F2N2O3/c1-4-24(31)29(2)19-10-5-16(6-11-19)18-7-12-20(22(15-18)32-3)21(30)13-8-17-9-14-23(26)28-25(17)27/h5-7,9-12,14-15H,4,8,13H2,1-3H3. The van der Waals surface area contributed by atoms with Crippen molar-refractivity contribution in [3.8, 4) is 16.9 Å². The number of ketones is 1. The van der Waals surface area contributed by atoms with Gasteiger partial charge in [0.05, 0.1) is 12.7 Å². The topological polar surface area (TPSA) is 59.5 Å². The second-order valence-electron chi connectivity index (χ2n) is 7.28. The molecule has 0 saturated carbocycles. The monoisotopic (exact) mass is 438 g/mol. The SMILES string of the molecule is CCC(=O)N(C)c1ccc(-c2ccc(C(=O)CCc3ccc(F)nc3F)c(OC)c2)cc1. The van der Waals surface area contributed by atoms with Gasteiger partial charge in [-0.25, -0.2) is 0 Å². The molecule has 0 radical (unpaired) electrons. The summed E-state index contributed by atoms with van der Waals surface area (Å²) in [4.78, 5) is 29.3. The number of Topliss-reactive ketones (excluding diaryl/α,β-unsaturated/α-hetero) is 1. The van der Waals surface area contributed by atoms with Crippen LogP contribution in [0.3, 0.4) is 0 Å². The number of nitrogens with zero attached hydrogens (tertiary/aromatic N) is 2. The van der Waals surface area contributed by atoms with Crippen molar-refractivity contribution >= 4 is 17.4 Å². The molecule has 0 spiro atoms. The number of carbonyl (C=O) groups is 2. The van der Waals surface area contributed by atoms with E-state index in [-0.39, 0.29) is 30.1 Å². The highest BCUT2D eigenvalue weighted by atomic mass is 19.1. The van der Waals surface area contributed by atoms with Crippen LogP contribution in [0.2, 0.25) is 0 Å². The van der Waals surface area contributed by atoms with Crippen LogP contribution in [-0.2, 0) is 11.2 Å². The second-order valence-corrected chi connectivity index (χ2v) is 7.28. The number of anilines is 1. The molecule has 7 heteroatoms. The normalized spacial score (nSPS) is 10.7. The third-order valence-electron chi connectivity index (χ3n) is 5.28. The first kappa shape index (κ1) is 23.1. The number of amides is 1. The Morgan fingerprint density at radius 2 is 1.69 bits per heavy atom. The van der Waals surface area contributed by atoms with Crippen molar-refractivity contribution in [3.63, 3.8) is 0 Å². The summed E-state index contributed by atoms with van der Waals surface area (Å²) in [6.45, 7) is 1.81. The van der Waals surface area contributed by atoms with Crippen LogP contribution in [0.15, 0.2) is 54.6 Å². The Kier molecular flexibility index (Phi) is 7.30. The summed E-state index contributed by atoms with van der Waals surface area (Å²) in [7, 11) is 3.21. The van der Waals surface area contributed by atoms with E-state index in [0.717, 1.165) is 22.9 Å². The van der Waals surface area contributed by atoms with Gasteiger partial charge in [0.1, 0.15) is 5.75 Å². The van der Waals surface area contributed by atoms with E-state index >= 15 is 0 Å². The molecule has 3 rings (SSSR count). The smallest absolute Gasteiger partial charge is 0.226 e. The predicted molar refractivity (Wildman–Crippen MR) is 119 cm³/mol. The third-order valence-corrected chi connectivity index (χ3v) is 5.28. The summed E-state index contributed by atoms with van der Waals surface area (Å²) in [5, 5.41) is 0. The fraction of sp³-hybridized carbons (Fsp3) is 0.240. The van der Waals surface area contributed by atoms with Gasteiger partial charge in [0, 0.05) is 31.1 Å². The number of aromatic nitrogens is 1. The van der Waals surface area contributed by atoms with E-state index in [1.807, 2.05) is 37.3 Å². The predicted octanol–water partition coefficient (Wildman–Crippen LogP) is 5.22. The molecule has 1 amide bonds. The first-order valence-electron chi connectivity index (χ1n) is 10.2. The number of benzene rings is 2. The van der Waals surface area contributed by atoms with Crippen LogP contribution in [0.1, 0.15) is 35.7 Å². The average Bonchev–Trinajstić information content (AvgIpc) is 2.82. The molecule has 0 atom stereocenters. The van der Waals surface area contributed by atoms with Crippen molar-refractivity contribution in [2.24, 2.45) is 0 Å². The number of ether oxygens (including phenoxy) is 1. The maximum absolute atomic E-state index is 13.7. The van der Waals surface area contributed by atoms with E-state index in [2.05, 4.69) is 4.98 Å². The molecule has 32 heavy (non-hydrogen) atoms. The molecule has 2 aromatic carbocycles. The summed E-state index contributed by atoms with van der Waals surface area (Å²) in [5.74, 6) is -1.58. The van der Waals surface area contributed by atoms with Crippen LogP contribution in [0, 0.1) is 11.9 Å². The Hall–Kier alpha value is -3.61. The Morgan fingerprint density at radius 1 is 1.00 bits per heavy atom. The Labute approximate surface area is 185 Å². The second kappa shape index (κ2) is 10.1. The van der Waals surface area contributed by atoms with Crippen molar-refractivity contribution in [1.29, 1.82) is 0 Å². The molecule has 0 bridgehead atoms. The minimum Gasteiger partial charge on any atom is -0.496 e. The molecule has 0 fully saturated rings. The highest BCUT2D eigenvalue weighted by molar-refractivity contribution is 5.99. The van der Waals surface area contributed by atoms with Gasteiger partial charge in [0.25, 0.3) is 0 Å². The van der Waals surface area contributed by atoms with Gasteiger partial charge in [-0.2, -0.15) is 13.8 Å². The average molecular weight is 438 g/mol. The van der Waals surface area contributed by atoms with Crippen LogP contribution in [0.25, 0.3) is 11.1 Å². The minimum atomic E-state index is -0.908. The number of hydrogen-bond acceptors (Lipinski definition) is 4. The fourth-order valence-electron chi connectivity index (χ4n) is 3.37. The summed E-state index contributed by atoms with van der Waals surface area (Å²) in [6.07, 6.45) is 0.565. The van der Waals surface area contributed by atoms with Gasteiger partial charge in [0.15, 0.2) is 5.78 Å².